The van der Waals surface area contributed by atoms with Crippen molar-refractivity contribution in [3.63, 3.8) is 0 Å². The van der Waals surface area contributed by atoms with Crippen LogP contribution >= 0.6 is 0 Å². The molecule has 5 aliphatic rings. The molecule has 135 heavy (non-hydrogen) atoms. The molecule has 18 nitrogen and oxygen atoms in total. The van der Waals surface area contributed by atoms with Crippen LogP contribution in [0, 0.1) is 62.3 Å². The van der Waals surface area contributed by atoms with Crippen molar-refractivity contribution in [2.24, 2.45) is 0 Å². The first-order valence-electron chi connectivity index (χ1n) is 49.7. The average Bonchev–Trinajstić information content (AvgIpc) is 0.797. The van der Waals surface area contributed by atoms with Crippen LogP contribution in [-0.2, 0) is 97.6 Å². The number of nitrogens with one attached hydrogen (secondary N) is 5. The number of aryl methyl sites for hydroxylation is 9. The SMILES string of the molecule is CCCCCN(Cc1cccc(C)n1)C[C@H]1Cc2ccccc2CN1.CCCCCN(Cc1ncccc1C)C[C@H]1Cc2ccccc2CN1.Cc1cc(-c2cccc3c2C[C@H](CN(C)Cc2ncccc2C)NC3)ccn1.Cc1ccc(CN(C)C[C@H]2Cc3c(cccc3-c3ccnc(C)c3)CN2)nc1.Cc1cnc(CN(C)C[C@H]2Cc3c(cccc3-c3ccnc(C)c3)CN2)c(C)c1. The Morgan fingerprint density at radius 2 is 0.681 bits per heavy atom. The van der Waals surface area contributed by atoms with Gasteiger partial charge in [-0.1, -0.05) is 173 Å². The first-order chi connectivity index (χ1) is 65.7. The van der Waals surface area contributed by atoms with Gasteiger partial charge in [-0.25, -0.2) is 0 Å². The summed E-state index contributed by atoms with van der Waals surface area (Å²) >= 11 is 0. The van der Waals surface area contributed by atoms with Gasteiger partial charge in [0.1, 0.15) is 0 Å². The van der Waals surface area contributed by atoms with Gasteiger partial charge in [-0.05, 0) is 325 Å². The molecule has 13 aromatic rings. The Morgan fingerprint density at radius 1 is 0.289 bits per heavy atom. The second kappa shape index (κ2) is 50.6. The Balaban J connectivity index is 0.000000135. The highest BCUT2D eigenvalue weighted by atomic mass is 15.2. The Morgan fingerprint density at radius 3 is 1.10 bits per heavy atom. The summed E-state index contributed by atoms with van der Waals surface area (Å²) in [6, 6.07) is 74.1. The van der Waals surface area contributed by atoms with Crippen LogP contribution in [0.5, 0.6) is 0 Å². The molecular formula is C117H148N18. The molecule has 5 aromatic carbocycles. The van der Waals surface area contributed by atoms with Crippen molar-refractivity contribution >= 4 is 0 Å². The van der Waals surface area contributed by atoms with Gasteiger partial charge < -0.3 is 26.6 Å². The number of pyridine rings is 8. The van der Waals surface area contributed by atoms with E-state index in [1.165, 1.54) is 172 Å². The number of hydrogen-bond acceptors (Lipinski definition) is 18. The maximum Gasteiger partial charge on any atom is 0.0573 e. The number of unbranched alkanes of at least 4 members (excludes halogenated alkanes) is 4. The monoisotopic (exact) mass is 1810 g/mol. The molecule has 0 saturated carbocycles. The predicted molar refractivity (Wildman–Crippen MR) is 556 cm³/mol. The van der Waals surface area contributed by atoms with Crippen molar-refractivity contribution in [1.29, 1.82) is 0 Å². The van der Waals surface area contributed by atoms with E-state index < -0.39 is 0 Å². The summed E-state index contributed by atoms with van der Waals surface area (Å²) in [7, 11) is 6.55. The van der Waals surface area contributed by atoms with Crippen molar-refractivity contribution < 1.29 is 0 Å². The summed E-state index contributed by atoms with van der Waals surface area (Å²) < 4.78 is 0. The molecule has 5 atom stereocenters. The fourth-order valence-corrected chi connectivity index (χ4v) is 19.9. The smallest absolute Gasteiger partial charge is 0.0573 e. The molecule has 8 aromatic heterocycles. The van der Waals surface area contributed by atoms with Crippen LogP contribution in [0.3, 0.4) is 0 Å². The zero-order chi connectivity index (χ0) is 94.4. The third kappa shape index (κ3) is 30.0. The summed E-state index contributed by atoms with van der Waals surface area (Å²) in [5, 5.41) is 18.6. The van der Waals surface area contributed by atoms with Crippen LogP contribution in [0.25, 0.3) is 33.4 Å². The minimum atomic E-state index is 0.433. The molecule has 0 amide bonds. The lowest BCUT2D eigenvalue weighted by atomic mass is 9.88. The summed E-state index contributed by atoms with van der Waals surface area (Å²) in [6.07, 6.45) is 26.5. The minimum absolute atomic E-state index is 0.433. The van der Waals surface area contributed by atoms with Crippen LogP contribution in [0.2, 0.25) is 0 Å². The Bertz CT molecular complexity index is 5910. The van der Waals surface area contributed by atoms with Gasteiger partial charge >= 0.3 is 0 Å². The molecular weight excluding hydrogens is 1660 g/mol. The van der Waals surface area contributed by atoms with E-state index in [0.29, 0.717) is 30.2 Å². The normalized spacial score (nSPS) is 16.4. The van der Waals surface area contributed by atoms with E-state index in [1.807, 2.05) is 55.5 Å². The molecule has 13 heterocycles. The molecule has 0 bridgehead atoms. The highest BCUT2D eigenvalue weighted by molar-refractivity contribution is 5.72. The molecule has 0 aliphatic carbocycles. The van der Waals surface area contributed by atoms with Gasteiger partial charge in [0.05, 0.1) is 28.5 Å². The number of aromatic nitrogens is 8. The molecule has 18 rings (SSSR count). The van der Waals surface area contributed by atoms with Gasteiger partial charge in [-0.3, -0.25) is 64.4 Å². The lowest BCUT2D eigenvalue weighted by molar-refractivity contribution is 0.221. The van der Waals surface area contributed by atoms with Crippen LogP contribution in [0.15, 0.2) is 244 Å². The zero-order valence-electron chi connectivity index (χ0n) is 83.1. The summed E-state index contributed by atoms with van der Waals surface area (Å²) in [4.78, 5) is 48.4. The number of benzene rings is 5. The first kappa shape index (κ1) is 99.9. The third-order valence-corrected chi connectivity index (χ3v) is 27.1. The van der Waals surface area contributed by atoms with Crippen molar-refractivity contribution in [1.82, 2.24) is 91.0 Å². The molecule has 5 aliphatic heterocycles. The van der Waals surface area contributed by atoms with Crippen LogP contribution < -0.4 is 26.6 Å². The van der Waals surface area contributed by atoms with Crippen LogP contribution in [0.4, 0.5) is 0 Å². The summed E-state index contributed by atoms with van der Waals surface area (Å²) in [5.41, 5.74) is 38.8. The molecule has 0 fully saturated rings. The molecule has 706 valence electrons. The largest absolute Gasteiger partial charge is 0.308 e. The van der Waals surface area contributed by atoms with E-state index in [4.69, 9.17) is 4.98 Å². The Kier molecular flexibility index (Phi) is 37.5. The molecule has 5 N–H and O–H groups in total. The van der Waals surface area contributed by atoms with Gasteiger partial charge in [-0.15, -0.1) is 0 Å². The van der Waals surface area contributed by atoms with Crippen LogP contribution in [-0.4, -0.2) is 162 Å². The second-order valence-corrected chi connectivity index (χ2v) is 38.7. The van der Waals surface area contributed by atoms with Crippen molar-refractivity contribution in [3.8, 4) is 33.4 Å². The molecule has 0 spiro atoms. The van der Waals surface area contributed by atoms with E-state index in [2.05, 4.69) is 371 Å². The van der Waals surface area contributed by atoms with Gasteiger partial charge in [0.25, 0.3) is 0 Å². The first-order valence-corrected chi connectivity index (χ1v) is 49.7. The zero-order valence-corrected chi connectivity index (χ0v) is 83.1. The standard InChI is InChI=1S/C25H30N4.2C24H28N4.2C22H31N3/c1-17-10-18(2)25(28-13-17)16-29(4)15-22-12-24-21(14-27-22)6-5-7-23(24)20-8-9-26-19(3)11-20;1-17-6-5-10-26-24(17)16-28(3)15-21-13-23-20(14-27-21)7-4-8-22(23)19-9-11-25-18(2)12-19;1-17-7-8-21(26-13-17)15-28(3)16-22-12-24-20(14-27-22)5-4-6-23(24)19-9-10-25-18(2)11-19;1-3-4-7-13-25(17-22-18(2)9-8-12-23-22)16-21-14-19-10-5-6-11-20(19)15-24-21;1-3-4-7-13-25(16-21-12-8-9-18(2)24-21)17-22-14-19-10-5-6-11-20(19)15-23-22/h5-11,13,22,27H,12,14-16H2,1-4H3;4-12,21,27H,13-16H2,1-3H3;4-11,13,22,27H,12,14-16H2,1-3H3;5-6,8-12,21,24H,3-4,7,13-17H2,1-2H3;5-6,8-12,22-23H,3-4,7,13-17H2,1-2H3/t22-;21-;22-;21-;22-/m11111/s1. The fraction of sp³-hybridized carbons (Fsp3) is 0.402. The number of hydrogen-bond donors (Lipinski definition) is 5. The highest BCUT2D eigenvalue weighted by Gasteiger charge is 2.29. The van der Waals surface area contributed by atoms with Crippen LogP contribution in [0.1, 0.15) is 187 Å². The minimum Gasteiger partial charge on any atom is -0.308 e. The topological polar surface area (TPSA) is 179 Å². The lowest BCUT2D eigenvalue weighted by Crippen LogP contribution is -2.44. The molecule has 0 radical (unpaired) electrons. The van der Waals surface area contributed by atoms with E-state index >= 15 is 0 Å². The quantitative estimate of drug-likeness (QED) is 0.0259. The van der Waals surface area contributed by atoms with E-state index in [9.17, 15) is 0 Å². The van der Waals surface area contributed by atoms with Gasteiger partial charge in [0, 0.05) is 195 Å². The summed E-state index contributed by atoms with van der Waals surface area (Å²) in [6.45, 7) is 40.2. The van der Waals surface area contributed by atoms with E-state index in [1.54, 1.807) is 0 Å². The average molecular weight is 1810 g/mol. The van der Waals surface area contributed by atoms with Gasteiger partial charge in [0.2, 0.25) is 0 Å². The number of fused-ring (bicyclic) bond motifs is 5. The fourth-order valence-electron chi connectivity index (χ4n) is 19.9. The Labute approximate surface area is 807 Å². The maximum absolute atomic E-state index is 4.71. The molecule has 0 unspecified atom stereocenters. The lowest BCUT2D eigenvalue weighted by Gasteiger charge is -2.32. The summed E-state index contributed by atoms with van der Waals surface area (Å²) in [5.74, 6) is 0. The van der Waals surface area contributed by atoms with E-state index in [0.717, 1.165) is 178 Å². The Hall–Kier alpha value is -11.1. The second-order valence-electron chi connectivity index (χ2n) is 38.7. The third-order valence-electron chi connectivity index (χ3n) is 27.1. The number of rotatable bonds is 31. The van der Waals surface area contributed by atoms with Gasteiger partial charge in [-0.2, -0.15) is 0 Å². The predicted octanol–water partition coefficient (Wildman–Crippen LogP) is 20.2. The van der Waals surface area contributed by atoms with Crippen molar-refractivity contribution in [2.75, 3.05) is 67.0 Å². The number of nitrogens with zero attached hydrogens (tertiary/aromatic N) is 13. The maximum atomic E-state index is 4.71. The van der Waals surface area contributed by atoms with Crippen molar-refractivity contribution in [3.05, 3.63) is 378 Å². The highest BCUT2D eigenvalue weighted by Crippen LogP contribution is 2.35. The molecule has 0 saturated heterocycles. The van der Waals surface area contributed by atoms with E-state index in [-0.39, 0.29) is 0 Å². The van der Waals surface area contributed by atoms with Crippen molar-refractivity contribution in [2.45, 2.75) is 242 Å². The number of likely N-dealkylation sites (N-methyl/N-ethyl adjacent to an activating group) is 3. The molecule has 18 heteroatoms. The van der Waals surface area contributed by atoms with Gasteiger partial charge in [0.15, 0.2) is 0 Å².